The van der Waals surface area contributed by atoms with E-state index in [-0.39, 0.29) is 17.9 Å². The van der Waals surface area contributed by atoms with E-state index >= 15 is 0 Å². The van der Waals surface area contributed by atoms with Gasteiger partial charge in [-0.1, -0.05) is 5.21 Å². The maximum atomic E-state index is 11.2. The van der Waals surface area contributed by atoms with Crippen molar-refractivity contribution in [3.8, 4) is 17.0 Å². The van der Waals surface area contributed by atoms with Crippen LogP contribution in [-0.4, -0.2) is 39.1 Å². The molecule has 1 heterocycles. The molecule has 0 saturated carbocycles. The second-order valence-electron chi connectivity index (χ2n) is 4.17. The van der Waals surface area contributed by atoms with Crippen molar-refractivity contribution >= 4 is 17.6 Å². The van der Waals surface area contributed by atoms with Gasteiger partial charge in [0.15, 0.2) is 5.69 Å². The molecule has 110 valence electrons. The van der Waals surface area contributed by atoms with Crippen LogP contribution in [0.4, 0.5) is 5.69 Å². The monoisotopic (exact) mass is 291 g/mol. The van der Waals surface area contributed by atoms with Crippen LogP contribution in [0.3, 0.4) is 0 Å². The fraction of sp³-hybridized carbons (Fsp3) is 0.167. The molecule has 1 aromatic carbocycles. The molecule has 2 aromatic rings. The van der Waals surface area contributed by atoms with Crippen LogP contribution in [0.5, 0.6) is 5.75 Å². The van der Waals surface area contributed by atoms with Crippen LogP contribution >= 0.6 is 0 Å². The van der Waals surface area contributed by atoms with Crippen molar-refractivity contribution < 1.29 is 19.4 Å². The topological polar surface area (TPSA) is 146 Å². The molecule has 0 saturated heterocycles. The van der Waals surface area contributed by atoms with Crippen LogP contribution in [0.15, 0.2) is 18.2 Å². The Morgan fingerprint density at radius 1 is 1.43 bits per heavy atom. The van der Waals surface area contributed by atoms with Gasteiger partial charge in [0, 0.05) is 5.56 Å². The lowest BCUT2D eigenvalue weighted by molar-refractivity contribution is -0.118. The van der Waals surface area contributed by atoms with Gasteiger partial charge in [0.05, 0.1) is 12.8 Å². The molecular formula is C12H13N5O4. The Balaban J connectivity index is 2.59. The molecule has 9 heteroatoms. The Bertz CT molecular complexity index is 710. The number of aromatic nitrogens is 3. The van der Waals surface area contributed by atoms with E-state index in [1.54, 1.807) is 12.1 Å². The summed E-state index contributed by atoms with van der Waals surface area (Å²) in [7, 11) is 1.47. The molecule has 0 radical (unpaired) electrons. The van der Waals surface area contributed by atoms with E-state index in [1.807, 2.05) is 0 Å². The number of anilines is 1. The third-order valence-corrected chi connectivity index (χ3v) is 2.75. The third kappa shape index (κ3) is 2.76. The minimum absolute atomic E-state index is 0.149. The second kappa shape index (κ2) is 5.49. The van der Waals surface area contributed by atoms with Gasteiger partial charge in [-0.25, -0.2) is 9.48 Å². The molecule has 21 heavy (non-hydrogen) atoms. The number of nitrogens with zero attached hydrogens (tertiary/aromatic N) is 3. The maximum absolute atomic E-state index is 11.2. The summed E-state index contributed by atoms with van der Waals surface area (Å²) in [6.45, 7) is -0.290. The molecule has 2 rings (SSSR count). The zero-order chi connectivity index (χ0) is 15.6. The molecule has 0 spiro atoms. The highest BCUT2D eigenvalue weighted by molar-refractivity contribution is 5.93. The van der Waals surface area contributed by atoms with E-state index < -0.39 is 11.9 Å². The molecule has 0 atom stereocenters. The molecule has 0 aliphatic carbocycles. The lowest BCUT2D eigenvalue weighted by Gasteiger charge is -2.09. The van der Waals surface area contributed by atoms with Crippen LogP contribution in [0.25, 0.3) is 11.3 Å². The van der Waals surface area contributed by atoms with Crippen molar-refractivity contribution in [1.82, 2.24) is 15.0 Å². The fourth-order valence-electron chi connectivity index (χ4n) is 1.88. The standard InChI is InChI=1S/C12H13N5O4/c1-21-8-3-2-6(4-7(8)13)11-10(12(19)20)15-16-17(11)5-9(14)18/h2-4H,5,13H2,1H3,(H2,14,18)(H,19,20). The molecule has 0 aliphatic rings. The zero-order valence-corrected chi connectivity index (χ0v) is 11.1. The summed E-state index contributed by atoms with van der Waals surface area (Å²) in [5, 5.41) is 16.3. The molecule has 0 aliphatic heterocycles. The predicted molar refractivity (Wildman–Crippen MR) is 72.6 cm³/mol. The van der Waals surface area contributed by atoms with Crippen LogP contribution < -0.4 is 16.2 Å². The number of aromatic carboxylic acids is 1. The van der Waals surface area contributed by atoms with Crippen molar-refractivity contribution in [1.29, 1.82) is 0 Å². The first-order valence-corrected chi connectivity index (χ1v) is 5.83. The number of benzene rings is 1. The van der Waals surface area contributed by atoms with Crippen LogP contribution in [0, 0.1) is 0 Å². The lowest BCUT2D eigenvalue weighted by Crippen LogP contribution is -2.20. The van der Waals surface area contributed by atoms with E-state index in [2.05, 4.69) is 10.3 Å². The third-order valence-electron chi connectivity index (χ3n) is 2.75. The molecule has 9 nitrogen and oxygen atoms in total. The van der Waals surface area contributed by atoms with Gasteiger partial charge in [-0.3, -0.25) is 4.79 Å². The van der Waals surface area contributed by atoms with E-state index in [0.29, 0.717) is 17.0 Å². The van der Waals surface area contributed by atoms with Gasteiger partial charge in [-0.15, -0.1) is 5.10 Å². The van der Waals surface area contributed by atoms with Crippen LogP contribution in [0.2, 0.25) is 0 Å². The minimum atomic E-state index is -1.27. The number of hydrogen-bond donors (Lipinski definition) is 3. The normalized spacial score (nSPS) is 10.3. The zero-order valence-electron chi connectivity index (χ0n) is 11.1. The molecule has 0 unspecified atom stereocenters. The van der Waals surface area contributed by atoms with Gasteiger partial charge < -0.3 is 21.3 Å². The first-order valence-electron chi connectivity index (χ1n) is 5.83. The lowest BCUT2D eigenvalue weighted by atomic mass is 10.1. The molecule has 1 amide bonds. The average molecular weight is 291 g/mol. The first kappa shape index (κ1) is 14.3. The number of carbonyl (C=O) groups is 2. The average Bonchev–Trinajstić information content (AvgIpc) is 2.81. The summed E-state index contributed by atoms with van der Waals surface area (Å²) in [5.41, 5.74) is 11.5. The highest BCUT2D eigenvalue weighted by Crippen LogP contribution is 2.29. The largest absolute Gasteiger partial charge is 0.495 e. The Labute approximate surface area is 119 Å². The van der Waals surface area contributed by atoms with E-state index in [4.69, 9.17) is 21.3 Å². The Kier molecular flexibility index (Phi) is 3.74. The first-order chi connectivity index (χ1) is 9.93. The number of hydrogen-bond acceptors (Lipinski definition) is 6. The minimum Gasteiger partial charge on any atom is -0.495 e. The number of carboxylic acids is 1. The van der Waals surface area contributed by atoms with E-state index in [1.165, 1.54) is 13.2 Å². The summed E-state index contributed by atoms with van der Waals surface area (Å²) in [5.74, 6) is -1.49. The number of methoxy groups -OCH3 is 1. The van der Waals surface area contributed by atoms with Crippen molar-refractivity contribution in [2.45, 2.75) is 6.54 Å². The highest BCUT2D eigenvalue weighted by atomic mass is 16.5. The van der Waals surface area contributed by atoms with Crippen molar-refractivity contribution in [2.24, 2.45) is 5.73 Å². The summed E-state index contributed by atoms with van der Waals surface area (Å²) in [6.07, 6.45) is 0. The summed E-state index contributed by atoms with van der Waals surface area (Å²) >= 11 is 0. The molecule has 0 bridgehead atoms. The number of nitrogens with two attached hydrogens (primary N) is 2. The molecular weight excluding hydrogens is 278 g/mol. The Hall–Kier alpha value is -3.10. The van der Waals surface area contributed by atoms with E-state index in [9.17, 15) is 9.59 Å². The van der Waals surface area contributed by atoms with Crippen LogP contribution in [0.1, 0.15) is 10.5 Å². The summed E-state index contributed by atoms with van der Waals surface area (Å²) < 4.78 is 6.15. The SMILES string of the molecule is COc1ccc(-c2c(C(=O)O)nnn2CC(N)=O)cc1N. The molecule has 1 aromatic heterocycles. The number of carboxylic acid groups (broad SMARTS) is 1. The van der Waals surface area contributed by atoms with Gasteiger partial charge in [0.25, 0.3) is 0 Å². The highest BCUT2D eigenvalue weighted by Gasteiger charge is 2.22. The number of primary amides is 1. The second-order valence-corrected chi connectivity index (χ2v) is 4.17. The number of ether oxygens (including phenoxy) is 1. The number of amides is 1. The molecule has 5 N–H and O–H groups in total. The Morgan fingerprint density at radius 3 is 2.67 bits per heavy atom. The van der Waals surface area contributed by atoms with Gasteiger partial charge >= 0.3 is 5.97 Å². The van der Waals surface area contributed by atoms with Gasteiger partial charge in [0.2, 0.25) is 5.91 Å². The summed E-state index contributed by atoms with van der Waals surface area (Å²) in [4.78, 5) is 22.3. The number of carbonyl (C=O) groups excluding carboxylic acids is 1. The van der Waals surface area contributed by atoms with Crippen LogP contribution in [-0.2, 0) is 11.3 Å². The van der Waals surface area contributed by atoms with E-state index in [0.717, 1.165) is 4.68 Å². The van der Waals surface area contributed by atoms with Gasteiger partial charge in [-0.05, 0) is 18.2 Å². The van der Waals surface area contributed by atoms with Crippen molar-refractivity contribution in [3.63, 3.8) is 0 Å². The Morgan fingerprint density at radius 2 is 2.14 bits per heavy atom. The molecule has 0 fully saturated rings. The summed E-state index contributed by atoms with van der Waals surface area (Å²) in [6, 6.07) is 4.69. The quantitative estimate of drug-likeness (QED) is 0.642. The van der Waals surface area contributed by atoms with Crippen molar-refractivity contribution in [3.05, 3.63) is 23.9 Å². The fourth-order valence-corrected chi connectivity index (χ4v) is 1.88. The van der Waals surface area contributed by atoms with Gasteiger partial charge in [0.1, 0.15) is 18.0 Å². The predicted octanol–water partition coefficient (Wildman–Crippen LogP) is -0.281. The van der Waals surface area contributed by atoms with Crippen molar-refractivity contribution in [2.75, 3.05) is 12.8 Å². The maximum Gasteiger partial charge on any atom is 0.358 e. The van der Waals surface area contributed by atoms with Gasteiger partial charge in [-0.2, -0.15) is 0 Å². The number of rotatable bonds is 5. The smallest absolute Gasteiger partial charge is 0.358 e. The number of nitrogen functional groups attached to an aromatic ring is 1.